The van der Waals surface area contributed by atoms with Crippen molar-refractivity contribution in [1.82, 2.24) is 10.4 Å². The molecule has 0 spiro atoms. The maximum atomic E-state index is 12.0. The lowest BCUT2D eigenvalue weighted by atomic mass is 10.2. The Morgan fingerprint density at radius 3 is 2.65 bits per heavy atom. The predicted molar refractivity (Wildman–Crippen MR) is 93.3 cm³/mol. The van der Waals surface area contributed by atoms with E-state index in [0.717, 1.165) is 10.9 Å². The molecule has 0 aliphatic rings. The second-order valence-corrected chi connectivity index (χ2v) is 5.51. The van der Waals surface area contributed by atoms with Crippen LogP contribution in [0.2, 0.25) is 10.2 Å². The highest BCUT2D eigenvalue weighted by molar-refractivity contribution is 6.34. The number of hydrogen-bond donors (Lipinski definition) is 1. The number of hydrogen-bond acceptors (Lipinski definition) is 3. The van der Waals surface area contributed by atoms with Gasteiger partial charge in [-0.1, -0.05) is 53.5 Å². The summed E-state index contributed by atoms with van der Waals surface area (Å²) in [5.74, 6) is -0.392. The molecule has 0 saturated heterocycles. The van der Waals surface area contributed by atoms with E-state index in [0.29, 0.717) is 21.3 Å². The molecule has 3 aromatic rings. The van der Waals surface area contributed by atoms with Gasteiger partial charge in [0.25, 0.3) is 5.91 Å². The Kier molecular flexibility index (Phi) is 4.55. The zero-order valence-electron chi connectivity index (χ0n) is 11.8. The van der Waals surface area contributed by atoms with Gasteiger partial charge in [-0.25, -0.2) is 10.4 Å². The van der Waals surface area contributed by atoms with Crippen LogP contribution in [-0.4, -0.2) is 17.1 Å². The number of rotatable bonds is 3. The maximum Gasteiger partial charge on any atom is 0.272 e. The average molecular weight is 344 g/mol. The number of aromatic nitrogens is 1. The Morgan fingerprint density at radius 2 is 1.83 bits per heavy atom. The lowest BCUT2D eigenvalue weighted by Gasteiger charge is -2.03. The number of hydrazone groups is 1. The van der Waals surface area contributed by atoms with Gasteiger partial charge in [0.1, 0.15) is 5.15 Å². The van der Waals surface area contributed by atoms with Crippen molar-refractivity contribution >= 4 is 46.2 Å². The van der Waals surface area contributed by atoms with Crippen LogP contribution in [0.4, 0.5) is 0 Å². The quantitative estimate of drug-likeness (QED) is 0.437. The molecule has 1 aromatic heterocycles. The smallest absolute Gasteiger partial charge is 0.267 e. The minimum absolute atomic E-state index is 0.319. The van der Waals surface area contributed by atoms with E-state index in [1.165, 1.54) is 6.21 Å². The summed E-state index contributed by atoms with van der Waals surface area (Å²) in [5.41, 5.74) is 4.20. The first-order valence-corrected chi connectivity index (χ1v) is 7.54. The second kappa shape index (κ2) is 6.77. The van der Waals surface area contributed by atoms with Crippen molar-refractivity contribution in [3.63, 3.8) is 0 Å². The molecule has 0 bridgehead atoms. The van der Waals surface area contributed by atoms with Gasteiger partial charge in [-0.05, 0) is 24.3 Å². The molecule has 0 radical (unpaired) electrons. The van der Waals surface area contributed by atoms with Crippen LogP contribution in [0.5, 0.6) is 0 Å². The topological polar surface area (TPSA) is 54.4 Å². The number of para-hydroxylation sites is 1. The van der Waals surface area contributed by atoms with Crippen molar-refractivity contribution in [2.24, 2.45) is 5.10 Å². The molecule has 0 fully saturated rings. The first-order chi connectivity index (χ1) is 11.1. The monoisotopic (exact) mass is 343 g/mol. The standard InChI is InChI=1S/C17H11Cl2N3O/c18-14-7-3-2-6-13(14)17(23)22-20-10-12-9-11-5-1-4-8-15(11)21-16(12)19/h1-10H,(H,22,23)/b20-10-. The van der Waals surface area contributed by atoms with E-state index in [2.05, 4.69) is 15.5 Å². The second-order valence-electron chi connectivity index (χ2n) is 4.74. The van der Waals surface area contributed by atoms with Gasteiger partial charge in [-0.15, -0.1) is 0 Å². The minimum Gasteiger partial charge on any atom is -0.267 e. The lowest BCUT2D eigenvalue weighted by molar-refractivity contribution is 0.0955. The fourth-order valence-electron chi connectivity index (χ4n) is 2.07. The van der Waals surface area contributed by atoms with Gasteiger partial charge in [0.15, 0.2) is 0 Å². The molecule has 0 unspecified atom stereocenters. The summed E-state index contributed by atoms with van der Waals surface area (Å²) in [7, 11) is 0. The maximum absolute atomic E-state index is 12.0. The number of carbonyl (C=O) groups excluding carboxylic acids is 1. The van der Waals surface area contributed by atoms with E-state index in [1.54, 1.807) is 24.3 Å². The SMILES string of the molecule is O=C(N/N=C\c1cc2ccccc2nc1Cl)c1ccccc1Cl. The van der Waals surface area contributed by atoms with Gasteiger partial charge in [0.2, 0.25) is 0 Å². The molecular weight excluding hydrogens is 333 g/mol. The molecule has 1 N–H and O–H groups in total. The third kappa shape index (κ3) is 3.50. The summed E-state index contributed by atoms with van der Waals surface area (Å²) in [5, 5.41) is 5.54. The highest BCUT2D eigenvalue weighted by Crippen LogP contribution is 2.19. The summed E-state index contributed by atoms with van der Waals surface area (Å²) in [6, 6.07) is 16.2. The molecule has 0 aliphatic carbocycles. The van der Waals surface area contributed by atoms with Crippen molar-refractivity contribution in [2.45, 2.75) is 0 Å². The molecule has 0 atom stereocenters. The summed E-state index contributed by atoms with van der Waals surface area (Å²) < 4.78 is 0. The van der Waals surface area contributed by atoms with Gasteiger partial charge in [-0.3, -0.25) is 4.79 Å². The van der Waals surface area contributed by atoms with E-state index >= 15 is 0 Å². The number of benzene rings is 2. The van der Waals surface area contributed by atoms with E-state index in [4.69, 9.17) is 23.2 Å². The predicted octanol–water partition coefficient (Wildman–Crippen LogP) is 4.31. The first kappa shape index (κ1) is 15.5. The zero-order valence-corrected chi connectivity index (χ0v) is 13.3. The third-order valence-corrected chi connectivity index (χ3v) is 3.83. The van der Waals surface area contributed by atoms with Gasteiger partial charge in [0, 0.05) is 10.9 Å². The van der Waals surface area contributed by atoms with Crippen LogP contribution in [0, 0.1) is 0 Å². The number of nitrogens with zero attached hydrogens (tertiary/aromatic N) is 2. The normalized spacial score (nSPS) is 11.0. The highest BCUT2D eigenvalue weighted by Gasteiger charge is 2.08. The first-order valence-electron chi connectivity index (χ1n) is 6.78. The van der Waals surface area contributed by atoms with Crippen LogP contribution in [0.3, 0.4) is 0 Å². The largest absolute Gasteiger partial charge is 0.272 e. The van der Waals surface area contributed by atoms with E-state index in [-0.39, 0.29) is 0 Å². The van der Waals surface area contributed by atoms with Gasteiger partial charge in [0.05, 0.1) is 22.3 Å². The molecule has 0 saturated carbocycles. The number of amides is 1. The molecule has 0 aliphatic heterocycles. The lowest BCUT2D eigenvalue weighted by Crippen LogP contribution is -2.18. The van der Waals surface area contributed by atoms with Crippen LogP contribution in [0.15, 0.2) is 59.7 Å². The van der Waals surface area contributed by atoms with Gasteiger partial charge < -0.3 is 0 Å². The summed E-state index contributed by atoms with van der Waals surface area (Å²) >= 11 is 12.1. The minimum atomic E-state index is -0.392. The Balaban J connectivity index is 1.79. The number of halogens is 2. The number of carbonyl (C=O) groups is 1. The van der Waals surface area contributed by atoms with E-state index in [1.807, 2.05) is 30.3 Å². The van der Waals surface area contributed by atoms with Crippen LogP contribution in [0.1, 0.15) is 15.9 Å². The van der Waals surface area contributed by atoms with Crippen molar-refractivity contribution in [1.29, 1.82) is 0 Å². The summed E-state index contributed by atoms with van der Waals surface area (Å²) in [4.78, 5) is 16.3. The third-order valence-electron chi connectivity index (χ3n) is 3.19. The average Bonchev–Trinajstić information content (AvgIpc) is 2.55. The molecule has 23 heavy (non-hydrogen) atoms. The Bertz CT molecular complexity index is 909. The Hall–Kier alpha value is -2.43. The molecule has 1 amide bonds. The fourth-order valence-corrected chi connectivity index (χ4v) is 2.48. The molecular formula is C17H11Cl2N3O. The summed E-state index contributed by atoms with van der Waals surface area (Å²) in [6.07, 6.45) is 1.45. The van der Waals surface area contributed by atoms with E-state index < -0.39 is 5.91 Å². The molecule has 3 rings (SSSR count). The van der Waals surface area contributed by atoms with Gasteiger partial charge in [-0.2, -0.15) is 5.10 Å². The Labute approximate surface area is 142 Å². The van der Waals surface area contributed by atoms with Crippen molar-refractivity contribution in [3.05, 3.63) is 75.9 Å². The Morgan fingerprint density at radius 1 is 1.09 bits per heavy atom. The number of pyridine rings is 1. The molecule has 1 heterocycles. The van der Waals surface area contributed by atoms with E-state index in [9.17, 15) is 4.79 Å². The van der Waals surface area contributed by atoms with Crippen LogP contribution in [0.25, 0.3) is 10.9 Å². The number of fused-ring (bicyclic) bond motifs is 1. The van der Waals surface area contributed by atoms with Crippen molar-refractivity contribution < 1.29 is 4.79 Å². The molecule has 114 valence electrons. The molecule has 4 nitrogen and oxygen atoms in total. The number of nitrogens with one attached hydrogen (secondary N) is 1. The van der Waals surface area contributed by atoms with Crippen LogP contribution >= 0.6 is 23.2 Å². The molecule has 2 aromatic carbocycles. The summed E-state index contributed by atoms with van der Waals surface area (Å²) in [6.45, 7) is 0. The van der Waals surface area contributed by atoms with Crippen LogP contribution in [-0.2, 0) is 0 Å². The zero-order chi connectivity index (χ0) is 16.2. The van der Waals surface area contributed by atoms with Crippen LogP contribution < -0.4 is 5.43 Å². The van der Waals surface area contributed by atoms with Gasteiger partial charge >= 0.3 is 0 Å². The fraction of sp³-hybridized carbons (Fsp3) is 0. The van der Waals surface area contributed by atoms with Crippen molar-refractivity contribution in [2.75, 3.05) is 0 Å². The van der Waals surface area contributed by atoms with Crippen molar-refractivity contribution in [3.8, 4) is 0 Å². The highest BCUT2D eigenvalue weighted by atomic mass is 35.5. The molecule has 6 heteroatoms.